The third-order valence-electron chi connectivity index (χ3n) is 3.05. The number of methoxy groups -OCH3 is 1. The van der Waals surface area contributed by atoms with Crippen molar-refractivity contribution in [3.63, 3.8) is 0 Å². The Morgan fingerprint density at radius 3 is 2.95 bits per heavy atom. The average Bonchev–Trinajstić information content (AvgIpc) is 2.73. The molecular formula is C12H20N4O3. The van der Waals surface area contributed by atoms with E-state index in [0.717, 1.165) is 0 Å². The summed E-state index contributed by atoms with van der Waals surface area (Å²) < 4.78 is 12.5. The van der Waals surface area contributed by atoms with E-state index in [2.05, 4.69) is 10.3 Å². The number of aromatic nitrogens is 3. The van der Waals surface area contributed by atoms with Crippen LogP contribution in [0.1, 0.15) is 24.3 Å². The number of ether oxygens (including phenoxy) is 2. The van der Waals surface area contributed by atoms with Gasteiger partial charge in [0.25, 0.3) is 5.91 Å². The topological polar surface area (TPSA) is 69.5 Å². The van der Waals surface area contributed by atoms with Crippen LogP contribution < -0.4 is 0 Å². The molecule has 1 amide bonds. The van der Waals surface area contributed by atoms with E-state index in [1.807, 2.05) is 13.8 Å². The van der Waals surface area contributed by atoms with Gasteiger partial charge in [0, 0.05) is 27.2 Å². The van der Waals surface area contributed by atoms with E-state index in [-0.39, 0.29) is 17.6 Å². The van der Waals surface area contributed by atoms with Gasteiger partial charge < -0.3 is 14.4 Å². The predicted octanol–water partition coefficient (Wildman–Crippen LogP) is 0.0811. The van der Waals surface area contributed by atoms with Crippen molar-refractivity contribution in [1.29, 1.82) is 0 Å². The summed E-state index contributed by atoms with van der Waals surface area (Å²) in [6, 6.07) is 0. The summed E-state index contributed by atoms with van der Waals surface area (Å²) in [6.45, 7) is 5.46. The number of morpholine rings is 1. The van der Waals surface area contributed by atoms with E-state index in [9.17, 15) is 4.79 Å². The predicted molar refractivity (Wildman–Crippen MR) is 67.7 cm³/mol. The Labute approximate surface area is 112 Å². The molecule has 0 saturated carbocycles. The zero-order valence-corrected chi connectivity index (χ0v) is 11.8. The second-order valence-corrected chi connectivity index (χ2v) is 5.38. The summed E-state index contributed by atoms with van der Waals surface area (Å²) in [4.78, 5) is 14.2. The Hall–Kier alpha value is -1.47. The first-order valence-corrected chi connectivity index (χ1v) is 6.23. The van der Waals surface area contributed by atoms with Gasteiger partial charge in [-0.3, -0.25) is 4.79 Å². The fourth-order valence-electron chi connectivity index (χ4n) is 2.37. The molecule has 0 unspecified atom stereocenters. The fourth-order valence-corrected chi connectivity index (χ4v) is 2.37. The zero-order valence-electron chi connectivity index (χ0n) is 11.8. The van der Waals surface area contributed by atoms with E-state index in [0.29, 0.717) is 25.4 Å². The van der Waals surface area contributed by atoms with E-state index in [1.54, 1.807) is 19.1 Å². The van der Waals surface area contributed by atoms with Gasteiger partial charge in [-0.25, -0.2) is 4.68 Å². The Morgan fingerprint density at radius 2 is 2.37 bits per heavy atom. The van der Waals surface area contributed by atoms with Crippen molar-refractivity contribution in [2.45, 2.75) is 25.6 Å². The van der Waals surface area contributed by atoms with Gasteiger partial charge in [-0.05, 0) is 13.8 Å². The van der Waals surface area contributed by atoms with E-state index >= 15 is 0 Å². The molecule has 1 atom stereocenters. The minimum atomic E-state index is -0.386. The Kier molecular flexibility index (Phi) is 3.86. The third-order valence-corrected chi connectivity index (χ3v) is 3.05. The lowest BCUT2D eigenvalue weighted by atomic mass is 10.0. The number of rotatable bonds is 3. The molecule has 2 heterocycles. The summed E-state index contributed by atoms with van der Waals surface area (Å²) in [7, 11) is 3.33. The minimum Gasteiger partial charge on any atom is -0.382 e. The molecule has 2 rings (SSSR count). The Morgan fingerprint density at radius 1 is 1.63 bits per heavy atom. The number of carbonyl (C=O) groups is 1. The van der Waals surface area contributed by atoms with Crippen LogP contribution in [0.25, 0.3) is 0 Å². The van der Waals surface area contributed by atoms with Crippen LogP contribution in [-0.4, -0.2) is 64.3 Å². The van der Waals surface area contributed by atoms with E-state index < -0.39 is 0 Å². The van der Waals surface area contributed by atoms with Gasteiger partial charge in [-0.2, -0.15) is 0 Å². The van der Waals surface area contributed by atoms with Crippen LogP contribution in [0.5, 0.6) is 0 Å². The first-order valence-electron chi connectivity index (χ1n) is 6.23. The van der Waals surface area contributed by atoms with Crippen molar-refractivity contribution >= 4 is 5.91 Å². The van der Waals surface area contributed by atoms with Gasteiger partial charge in [-0.15, -0.1) is 5.10 Å². The maximum absolute atomic E-state index is 12.4. The highest BCUT2D eigenvalue weighted by molar-refractivity contribution is 5.92. The van der Waals surface area contributed by atoms with Crippen LogP contribution in [0.2, 0.25) is 0 Å². The van der Waals surface area contributed by atoms with Crippen LogP contribution in [0.15, 0.2) is 6.20 Å². The first kappa shape index (κ1) is 14.0. The van der Waals surface area contributed by atoms with Crippen LogP contribution in [0.3, 0.4) is 0 Å². The second-order valence-electron chi connectivity index (χ2n) is 5.38. The molecule has 106 valence electrons. The maximum Gasteiger partial charge on any atom is 0.273 e. The van der Waals surface area contributed by atoms with Gasteiger partial charge in [0.05, 0.1) is 24.5 Å². The van der Waals surface area contributed by atoms with Crippen molar-refractivity contribution in [3.05, 3.63) is 11.9 Å². The molecule has 1 aliphatic heterocycles. The van der Waals surface area contributed by atoms with Gasteiger partial charge in [0.1, 0.15) is 5.69 Å². The monoisotopic (exact) mass is 268 g/mol. The standard InChI is InChI=1S/C12H20N4O3/c1-12(2)8-16(6-9(19-12)7-18-4)11(17)10-5-13-14-15(10)3/h5,9H,6-8H2,1-4H3/t9-/m0/s1. The smallest absolute Gasteiger partial charge is 0.273 e. The molecule has 1 aliphatic rings. The average molecular weight is 268 g/mol. The molecule has 0 bridgehead atoms. The molecule has 7 heteroatoms. The number of aryl methyl sites for hydroxylation is 1. The summed E-state index contributed by atoms with van der Waals surface area (Å²) in [6.07, 6.45) is 1.37. The number of carbonyl (C=O) groups excluding carboxylic acids is 1. The van der Waals surface area contributed by atoms with Crippen molar-refractivity contribution in [2.75, 3.05) is 26.8 Å². The normalized spacial score (nSPS) is 22.5. The lowest BCUT2D eigenvalue weighted by Gasteiger charge is -2.42. The van der Waals surface area contributed by atoms with Crippen molar-refractivity contribution in [1.82, 2.24) is 19.9 Å². The molecule has 1 saturated heterocycles. The summed E-state index contributed by atoms with van der Waals surface area (Å²) in [5.74, 6) is -0.0787. The van der Waals surface area contributed by atoms with Gasteiger partial charge in [0.15, 0.2) is 0 Å². The Balaban J connectivity index is 2.15. The minimum absolute atomic E-state index is 0.0787. The fraction of sp³-hybridized carbons (Fsp3) is 0.750. The molecule has 0 aromatic carbocycles. The number of hydrogen-bond acceptors (Lipinski definition) is 5. The lowest BCUT2D eigenvalue weighted by Crippen LogP contribution is -2.55. The quantitative estimate of drug-likeness (QED) is 0.776. The van der Waals surface area contributed by atoms with E-state index in [4.69, 9.17) is 9.47 Å². The Bertz CT molecular complexity index is 458. The highest BCUT2D eigenvalue weighted by Crippen LogP contribution is 2.22. The SMILES string of the molecule is COC[C@@H]1CN(C(=O)c2cnnn2C)CC(C)(C)O1. The van der Waals surface area contributed by atoms with Crippen molar-refractivity contribution < 1.29 is 14.3 Å². The lowest BCUT2D eigenvalue weighted by molar-refractivity contribution is -0.143. The molecule has 0 aliphatic carbocycles. The molecule has 1 fully saturated rings. The summed E-state index contributed by atoms with van der Waals surface area (Å²) in [5, 5.41) is 7.53. The molecule has 19 heavy (non-hydrogen) atoms. The van der Waals surface area contributed by atoms with Gasteiger partial charge >= 0.3 is 0 Å². The molecule has 0 spiro atoms. The van der Waals surface area contributed by atoms with Crippen LogP contribution in [0, 0.1) is 0 Å². The van der Waals surface area contributed by atoms with Gasteiger partial charge in [0.2, 0.25) is 0 Å². The summed E-state index contributed by atoms with van der Waals surface area (Å²) in [5.41, 5.74) is 0.0946. The number of nitrogens with zero attached hydrogens (tertiary/aromatic N) is 4. The molecule has 0 radical (unpaired) electrons. The zero-order chi connectivity index (χ0) is 14.0. The molecule has 1 aromatic rings. The summed E-state index contributed by atoms with van der Waals surface area (Å²) >= 11 is 0. The first-order chi connectivity index (χ1) is 8.93. The second kappa shape index (κ2) is 5.26. The third kappa shape index (κ3) is 3.10. The largest absolute Gasteiger partial charge is 0.382 e. The number of amides is 1. The van der Waals surface area contributed by atoms with Crippen LogP contribution in [-0.2, 0) is 16.5 Å². The molecular weight excluding hydrogens is 248 g/mol. The number of hydrogen-bond donors (Lipinski definition) is 0. The van der Waals surface area contributed by atoms with Crippen molar-refractivity contribution in [3.8, 4) is 0 Å². The highest BCUT2D eigenvalue weighted by Gasteiger charge is 2.36. The molecule has 0 N–H and O–H groups in total. The van der Waals surface area contributed by atoms with E-state index in [1.165, 1.54) is 10.9 Å². The highest BCUT2D eigenvalue weighted by atomic mass is 16.5. The molecule has 1 aromatic heterocycles. The molecule has 7 nitrogen and oxygen atoms in total. The van der Waals surface area contributed by atoms with Crippen LogP contribution >= 0.6 is 0 Å². The van der Waals surface area contributed by atoms with Gasteiger partial charge in [-0.1, -0.05) is 5.21 Å². The van der Waals surface area contributed by atoms with Crippen molar-refractivity contribution in [2.24, 2.45) is 7.05 Å². The van der Waals surface area contributed by atoms with Crippen LogP contribution in [0.4, 0.5) is 0 Å². The maximum atomic E-state index is 12.4.